The summed E-state index contributed by atoms with van der Waals surface area (Å²) in [7, 11) is -3.86. The van der Waals surface area contributed by atoms with E-state index in [-0.39, 0.29) is 17.2 Å². The molecule has 8 nitrogen and oxygen atoms in total. The lowest BCUT2D eigenvalue weighted by molar-refractivity contribution is -0.137. The van der Waals surface area contributed by atoms with Crippen molar-refractivity contribution in [3.8, 4) is 5.75 Å². The molecule has 3 N–H and O–H groups in total. The Balaban J connectivity index is 1.51. The molecule has 0 radical (unpaired) electrons. The molecule has 0 aliphatic heterocycles. The van der Waals surface area contributed by atoms with Crippen molar-refractivity contribution in [3.63, 3.8) is 0 Å². The Morgan fingerprint density at radius 2 is 1.94 bits per heavy atom. The zero-order chi connectivity index (χ0) is 23.5. The number of carboxylic acids is 1. The van der Waals surface area contributed by atoms with E-state index in [1.54, 1.807) is 18.3 Å². The molecule has 0 saturated heterocycles. The maximum atomic E-state index is 13.0. The van der Waals surface area contributed by atoms with Gasteiger partial charge in [-0.15, -0.1) is 0 Å². The zero-order valence-electron chi connectivity index (χ0n) is 18.8. The van der Waals surface area contributed by atoms with Crippen LogP contribution in [0.15, 0.2) is 53.6 Å². The first-order valence-corrected chi connectivity index (χ1v) is 13.0. The van der Waals surface area contributed by atoms with Crippen LogP contribution >= 0.6 is 0 Å². The van der Waals surface area contributed by atoms with Gasteiger partial charge in [0, 0.05) is 24.8 Å². The Bertz CT molecular complexity index is 979. The molecule has 1 aromatic heterocycles. The summed E-state index contributed by atoms with van der Waals surface area (Å²) in [6, 6.07) is 11.5. The Labute approximate surface area is 195 Å². The number of anilines is 1. The Hall–Kier alpha value is -2.65. The van der Waals surface area contributed by atoms with Gasteiger partial charge in [-0.05, 0) is 55.9 Å². The van der Waals surface area contributed by atoms with Gasteiger partial charge in [0.2, 0.25) is 10.0 Å². The van der Waals surface area contributed by atoms with Gasteiger partial charge in [0.1, 0.15) is 11.6 Å². The van der Waals surface area contributed by atoms with Crippen LogP contribution in [-0.2, 0) is 14.8 Å². The van der Waals surface area contributed by atoms with Crippen LogP contribution in [0.2, 0.25) is 0 Å². The zero-order valence-corrected chi connectivity index (χ0v) is 19.6. The van der Waals surface area contributed by atoms with E-state index in [2.05, 4.69) is 15.0 Å². The first-order valence-electron chi connectivity index (χ1n) is 11.6. The topological polar surface area (TPSA) is 118 Å². The maximum absolute atomic E-state index is 13.0. The van der Waals surface area contributed by atoms with Crippen LogP contribution in [0.1, 0.15) is 51.4 Å². The smallest absolute Gasteiger partial charge is 0.304 e. The number of carboxylic acid groups (broad SMARTS) is 1. The fourth-order valence-corrected chi connectivity index (χ4v) is 5.47. The predicted molar refractivity (Wildman–Crippen MR) is 127 cm³/mol. The number of hydrogen-bond acceptors (Lipinski definition) is 6. The molecule has 1 aliphatic carbocycles. The number of aliphatic carboxylic acids is 1. The van der Waals surface area contributed by atoms with E-state index in [1.165, 1.54) is 12.1 Å². The highest BCUT2D eigenvalue weighted by atomic mass is 32.2. The Morgan fingerprint density at radius 1 is 1.12 bits per heavy atom. The highest BCUT2D eigenvalue weighted by Gasteiger charge is 2.30. The molecule has 180 valence electrons. The number of benzene rings is 1. The quantitative estimate of drug-likeness (QED) is 0.374. The van der Waals surface area contributed by atoms with E-state index in [0.29, 0.717) is 12.4 Å². The van der Waals surface area contributed by atoms with Crippen LogP contribution in [-0.4, -0.2) is 43.7 Å². The fraction of sp³-hybridized carbons (Fsp3) is 0.500. The lowest BCUT2D eigenvalue weighted by Crippen LogP contribution is -2.42. The number of unbranched alkanes of at least 4 members (excludes halogenated alkanes) is 1. The molecule has 1 fully saturated rings. The number of carbonyl (C=O) groups is 1. The lowest BCUT2D eigenvalue weighted by atomic mass is 9.83. The SMILES string of the molecule is O=C(O)CC(NS(=O)(=O)c1cccc(OCCCCNc2ccccn2)c1)C1CCCCC1. The molecule has 1 heterocycles. The van der Waals surface area contributed by atoms with Gasteiger partial charge in [-0.25, -0.2) is 18.1 Å². The van der Waals surface area contributed by atoms with Crippen LogP contribution in [0.3, 0.4) is 0 Å². The van der Waals surface area contributed by atoms with Crippen molar-refractivity contribution in [2.24, 2.45) is 5.92 Å². The number of nitrogens with one attached hydrogen (secondary N) is 2. The number of rotatable bonds is 13. The maximum Gasteiger partial charge on any atom is 0.304 e. The van der Waals surface area contributed by atoms with E-state index < -0.39 is 22.0 Å². The van der Waals surface area contributed by atoms with Gasteiger partial charge in [0.05, 0.1) is 17.9 Å². The number of pyridine rings is 1. The molecular weight excluding hydrogens is 442 g/mol. The Kier molecular flexibility index (Phi) is 9.50. The number of ether oxygens (including phenoxy) is 1. The van der Waals surface area contributed by atoms with Gasteiger partial charge in [-0.2, -0.15) is 0 Å². The number of nitrogens with zero attached hydrogens (tertiary/aromatic N) is 1. The van der Waals surface area contributed by atoms with Gasteiger partial charge in [0.25, 0.3) is 0 Å². The van der Waals surface area contributed by atoms with E-state index in [9.17, 15) is 18.3 Å². The minimum Gasteiger partial charge on any atom is -0.494 e. The largest absolute Gasteiger partial charge is 0.494 e. The predicted octanol–water partition coefficient (Wildman–Crippen LogP) is 4.05. The van der Waals surface area contributed by atoms with E-state index >= 15 is 0 Å². The van der Waals surface area contributed by atoms with Crippen LogP contribution in [0.4, 0.5) is 5.82 Å². The molecule has 1 saturated carbocycles. The molecule has 0 amide bonds. The summed E-state index contributed by atoms with van der Waals surface area (Å²) in [5.41, 5.74) is 0. The minimum atomic E-state index is -3.86. The summed E-state index contributed by atoms with van der Waals surface area (Å²) in [4.78, 5) is 15.6. The van der Waals surface area contributed by atoms with Crippen molar-refractivity contribution >= 4 is 21.8 Å². The molecule has 1 atom stereocenters. The second-order valence-corrected chi connectivity index (χ2v) is 10.1. The van der Waals surface area contributed by atoms with Crippen molar-refractivity contribution < 1.29 is 23.1 Å². The van der Waals surface area contributed by atoms with Gasteiger partial charge < -0.3 is 15.2 Å². The highest BCUT2D eigenvalue weighted by molar-refractivity contribution is 7.89. The summed E-state index contributed by atoms with van der Waals surface area (Å²) in [5, 5.41) is 12.5. The van der Waals surface area contributed by atoms with Crippen molar-refractivity contribution in [2.75, 3.05) is 18.5 Å². The first kappa shape index (κ1) is 25.0. The first-order chi connectivity index (χ1) is 15.9. The highest BCUT2D eigenvalue weighted by Crippen LogP contribution is 2.29. The molecule has 1 unspecified atom stereocenters. The standard InChI is InChI=1S/C24H33N3O5S/c28-24(29)18-22(19-9-2-1-3-10-19)27-33(30,31)21-12-8-11-20(17-21)32-16-7-6-15-26-23-13-4-5-14-25-23/h4-5,8,11-14,17,19,22,27H,1-3,6-7,9-10,15-16,18H2,(H,25,26)(H,28,29). The van der Waals surface area contributed by atoms with Crippen LogP contribution in [0, 0.1) is 5.92 Å². The van der Waals surface area contributed by atoms with Gasteiger partial charge >= 0.3 is 5.97 Å². The van der Waals surface area contributed by atoms with E-state index in [1.807, 2.05) is 18.2 Å². The van der Waals surface area contributed by atoms with E-state index in [4.69, 9.17) is 4.74 Å². The van der Waals surface area contributed by atoms with Crippen molar-refractivity contribution in [1.29, 1.82) is 0 Å². The monoisotopic (exact) mass is 475 g/mol. The summed E-state index contributed by atoms with van der Waals surface area (Å²) >= 11 is 0. The van der Waals surface area contributed by atoms with Crippen molar-refractivity contribution in [1.82, 2.24) is 9.71 Å². The second-order valence-electron chi connectivity index (χ2n) is 8.40. The average Bonchev–Trinajstić information content (AvgIpc) is 2.82. The summed E-state index contributed by atoms with van der Waals surface area (Å²) in [5.74, 6) is 0.355. The normalized spacial score (nSPS) is 15.6. The van der Waals surface area contributed by atoms with Gasteiger partial charge in [-0.1, -0.05) is 31.4 Å². The molecule has 3 rings (SSSR count). The van der Waals surface area contributed by atoms with Gasteiger partial charge in [-0.3, -0.25) is 4.79 Å². The average molecular weight is 476 g/mol. The molecule has 2 aromatic rings. The molecular formula is C24H33N3O5S. The molecule has 1 aromatic carbocycles. The van der Waals surface area contributed by atoms with Crippen LogP contribution < -0.4 is 14.8 Å². The summed E-state index contributed by atoms with van der Waals surface area (Å²) in [6.45, 7) is 1.23. The third-order valence-electron chi connectivity index (χ3n) is 5.85. The number of aromatic nitrogens is 1. The van der Waals surface area contributed by atoms with Crippen LogP contribution in [0.25, 0.3) is 0 Å². The second kappa shape index (κ2) is 12.6. The van der Waals surface area contributed by atoms with Crippen molar-refractivity contribution in [3.05, 3.63) is 48.7 Å². The molecule has 0 bridgehead atoms. The van der Waals surface area contributed by atoms with Crippen molar-refractivity contribution in [2.45, 2.75) is 62.3 Å². The molecule has 1 aliphatic rings. The van der Waals surface area contributed by atoms with Gasteiger partial charge in [0.15, 0.2) is 0 Å². The third-order valence-corrected chi connectivity index (χ3v) is 7.33. The molecule has 9 heteroatoms. The number of sulfonamides is 1. The minimum absolute atomic E-state index is 0.0451. The number of hydrogen-bond donors (Lipinski definition) is 3. The molecule has 0 spiro atoms. The molecule has 33 heavy (non-hydrogen) atoms. The lowest BCUT2D eigenvalue weighted by Gasteiger charge is -2.29. The van der Waals surface area contributed by atoms with Crippen LogP contribution in [0.5, 0.6) is 5.75 Å². The fourth-order valence-electron chi connectivity index (χ4n) is 4.13. The summed E-state index contributed by atoms with van der Waals surface area (Å²) < 4.78 is 34.4. The summed E-state index contributed by atoms with van der Waals surface area (Å²) in [6.07, 6.45) is 8.02. The van der Waals surface area contributed by atoms with E-state index in [0.717, 1.165) is 57.3 Å². The third kappa shape index (κ3) is 8.33. The Morgan fingerprint density at radius 3 is 2.67 bits per heavy atom.